The van der Waals surface area contributed by atoms with E-state index in [1.807, 2.05) is 20.8 Å². The number of benzene rings is 1. The summed E-state index contributed by atoms with van der Waals surface area (Å²) in [6.07, 6.45) is -0.639. The summed E-state index contributed by atoms with van der Waals surface area (Å²) >= 11 is 0. The lowest BCUT2D eigenvalue weighted by molar-refractivity contribution is 0.0206. The third-order valence-electron chi connectivity index (χ3n) is 3.91. The van der Waals surface area contributed by atoms with Crippen molar-refractivity contribution in [1.82, 2.24) is 5.32 Å². The minimum Gasteiger partial charge on any atom is -0.445 e. The molecule has 0 aliphatic carbocycles. The number of hydrogen-bond acceptors (Lipinski definition) is 8. The average Bonchev–Trinajstić information content (AvgIpc) is 2.70. The van der Waals surface area contributed by atoms with Gasteiger partial charge in [-0.15, -0.1) is 0 Å². The molecule has 0 heterocycles. The largest absolute Gasteiger partial charge is 0.514 e. The highest BCUT2D eigenvalue weighted by Crippen LogP contribution is 2.18. The number of carbonyl (C=O) groups excluding carboxylic acids is 2. The molecule has 0 bridgehead atoms. The molecule has 1 aromatic rings. The van der Waals surface area contributed by atoms with Crippen molar-refractivity contribution in [2.24, 2.45) is 0 Å². The van der Waals surface area contributed by atoms with Gasteiger partial charge in [0.15, 0.2) is 0 Å². The SMILES string of the molecule is CCO[Si](CCCNC(=O)OCc1ccc(OC(=O)OC(C)(C)C)cc1)(OCC)OCC. The van der Waals surface area contributed by atoms with E-state index in [1.54, 1.807) is 45.0 Å². The molecule has 9 nitrogen and oxygen atoms in total. The van der Waals surface area contributed by atoms with Gasteiger partial charge in [0.25, 0.3) is 0 Å². The van der Waals surface area contributed by atoms with Crippen molar-refractivity contribution >= 4 is 21.1 Å². The van der Waals surface area contributed by atoms with Crippen molar-refractivity contribution in [3.8, 4) is 5.75 Å². The van der Waals surface area contributed by atoms with Crippen LogP contribution >= 0.6 is 0 Å². The summed E-state index contributed by atoms with van der Waals surface area (Å²) < 4.78 is 32.8. The molecule has 182 valence electrons. The molecule has 0 aliphatic heterocycles. The van der Waals surface area contributed by atoms with Gasteiger partial charge < -0.3 is 32.8 Å². The van der Waals surface area contributed by atoms with Gasteiger partial charge in [0, 0.05) is 32.4 Å². The van der Waals surface area contributed by atoms with Gasteiger partial charge in [-0.1, -0.05) is 12.1 Å². The van der Waals surface area contributed by atoms with Crippen LogP contribution in [0.2, 0.25) is 6.04 Å². The fourth-order valence-corrected chi connectivity index (χ4v) is 5.33. The molecule has 0 unspecified atom stereocenters. The van der Waals surface area contributed by atoms with Crippen LogP contribution in [-0.2, 0) is 29.4 Å². The second-order valence-corrected chi connectivity index (χ2v) is 10.5. The Morgan fingerprint density at radius 2 is 1.50 bits per heavy atom. The van der Waals surface area contributed by atoms with Gasteiger partial charge in [0.05, 0.1) is 0 Å². The molecular weight excluding hydrogens is 434 g/mol. The van der Waals surface area contributed by atoms with Crippen LogP contribution in [0, 0.1) is 0 Å². The molecule has 0 saturated carbocycles. The van der Waals surface area contributed by atoms with Crippen LogP contribution in [-0.4, -0.2) is 53.0 Å². The summed E-state index contributed by atoms with van der Waals surface area (Å²) in [6.45, 7) is 13.1. The molecule has 0 fully saturated rings. The van der Waals surface area contributed by atoms with E-state index in [4.69, 9.17) is 27.5 Å². The maximum atomic E-state index is 12.0. The van der Waals surface area contributed by atoms with E-state index in [0.717, 1.165) is 5.56 Å². The van der Waals surface area contributed by atoms with Gasteiger partial charge in [0.2, 0.25) is 0 Å². The number of rotatable bonds is 13. The van der Waals surface area contributed by atoms with E-state index in [-0.39, 0.29) is 6.61 Å². The maximum absolute atomic E-state index is 12.0. The maximum Gasteiger partial charge on any atom is 0.514 e. The Bertz CT molecular complexity index is 673. The van der Waals surface area contributed by atoms with E-state index in [9.17, 15) is 9.59 Å². The molecule has 0 spiro atoms. The Morgan fingerprint density at radius 1 is 0.938 bits per heavy atom. The van der Waals surface area contributed by atoms with E-state index < -0.39 is 26.7 Å². The summed E-state index contributed by atoms with van der Waals surface area (Å²) in [5.41, 5.74) is 0.129. The van der Waals surface area contributed by atoms with Crippen molar-refractivity contribution in [3.05, 3.63) is 29.8 Å². The minimum atomic E-state index is -2.71. The molecule has 1 aromatic carbocycles. The Balaban J connectivity index is 2.37. The van der Waals surface area contributed by atoms with Crippen LogP contribution in [0.4, 0.5) is 9.59 Å². The molecule has 0 aromatic heterocycles. The monoisotopic (exact) mass is 471 g/mol. The van der Waals surface area contributed by atoms with Crippen molar-refractivity contribution in [2.75, 3.05) is 26.4 Å². The Morgan fingerprint density at radius 3 is 2.00 bits per heavy atom. The van der Waals surface area contributed by atoms with Crippen molar-refractivity contribution in [2.45, 2.75) is 66.2 Å². The minimum absolute atomic E-state index is 0.0913. The zero-order chi connectivity index (χ0) is 24.0. The van der Waals surface area contributed by atoms with Crippen LogP contribution in [0.3, 0.4) is 0 Å². The number of amides is 1. The van der Waals surface area contributed by atoms with Gasteiger partial charge >= 0.3 is 21.1 Å². The highest BCUT2D eigenvalue weighted by molar-refractivity contribution is 6.60. The second kappa shape index (κ2) is 14.1. The first-order chi connectivity index (χ1) is 15.1. The number of ether oxygens (including phenoxy) is 3. The fourth-order valence-electron chi connectivity index (χ4n) is 2.72. The third-order valence-corrected chi connectivity index (χ3v) is 7.06. The molecule has 1 amide bonds. The Hall–Kier alpha value is -2.14. The topological polar surface area (TPSA) is 102 Å². The third kappa shape index (κ3) is 11.5. The normalized spacial score (nSPS) is 11.7. The van der Waals surface area contributed by atoms with Gasteiger partial charge in [-0.2, -0.15) is 0 Å². The first-order valence-electron chi connectivity index (χ1n) is 10.9. The van der Waals surface area contributed by atoms with Gasteiger partial charge in [-0.3, -0.25) is 0 Å². The van der Waals surface area contributed by atoms with Crippen LogP contribution in [0.1, 0.15) is 53.5 Å². The number of carbonyl (C=O) groups is 2. The second-order valence-electron chi connectivity index (χ2n) is 7.80. The van der Waals surface area contributed by atoms with Crippen molar-refractivity contribution in [1.29, 1.82) is 0 Å². The lowest BCUT2D eigenvalue weighted by Gasteiger charge is -2.28. The summed E-state index contributed by atoms with van der Waals surface area (Å²) in [5.74, 6) is 0.345. The summed E-state index contributed by atoms with van der Waals surface area (Å²) in [6, 6.07) is 7.25. The molecule has 10 heteroatoms. The van der Waals surface area contributed by atoms with Crippen LogP contribution in [0.5, 0.6) is 5.75 Å². The van der Waals surface area contributed by atoms with E-state index >= 15 is 0 Å². The number of alkyl carbamates (subject to hydrolysis) is 1. The Labute approximate surface area is 192 Å². The summed E-state index contributed by atoms with van der Waals surface area (Å²) in [7, 11) is -2.71. The van der Waals surface area contributed by atoms with Crippen molar-refractivity contribution in [3.63, 3.8) is 0 Å². The number of hydrogen-bond donors (Lipinski definition) is 1. The molecule has 0 aliphatic rings. The lowest BCUT2D eigenvalue weighted by Crippen LogP contribution is -2.46. The van der Waals surface area contributed by atoms with E-state index in [0.29, 0.717) is 44.6 Å². The molecule has 32 heavy (non-hydrogen) atoms. The van der Waals surface area contributed by atoms with Gasteiger partial charge in [-0.05, 0) is 65.7 Å². The molecule has 0 radical (unpaired) electrons. The quantitative estimate of drug-likeness (QED) is 0.192. The Kier molecular flexibility index (Phi) is 12.3. The first-order valence-corrected chi connectivity index (χ1v) is 12.9. The van der Waals surface area contributed by atoms with E-state index in [2.05, 4.69) is 5.32 Å². The summed E-state index contributed by atoms with van der Waals surface area (Å²) in [4.78, 5) is 23.6. The lowest BCUT2D eigenvalue weighted by atomic mass is 10.2. The van der Waals surface area contributed by atoms with Crippen LogP contribution in [0.25, 0.3) is 0 Å². The molecule has 1 N–H and O–H groups in total. The highest BCUT2D eigenvalue weighted by Gasteiger charge is 2.39. The van der Waals surface area contributed by atoms with Crippen LogP contribution < -0.4 is 10.1 Å². The fraction of sp³-hybridized carbons (Fsp3) is 0.636. The molecule has 0 saturated heterocycles. The molecule has 1 rings (SSSR count). The highest BCUT2D eigenvalue weighted by atomic mass is 28.4. The zero-order valence-electron chi connectivity index (χ0n) is 20.0. The first kappa shape index (κ1) is 27.9. The predicted molar refractivity (Wildman–Crippen MR) is 122 cm³/mol. The standard InChI is InChI=1S/C22H37NO8Si/c1-7-27-32(28-8-2,29-9-3)16-10-15-23-20(24)26-17-18-11-13-19(14-12-18)30-21(25)31-22(4,5)6/h11-14H,7-10,15-17H2,1-6H3,(H,23,24). The van der Waals surface area contributed by atoms with Gasteiger partial charge in [0.1, 0.15) is 18.0 Å². The van der Waals surface area contributed by atoms with Crippen LogP contribution in [0.15, 0.2) is 24.3 Å². The summed E-state index contributed by atoms with van der Waals surface area (Å²) in [5, 5.41) is 2.72. The average molecular weight is 472 g/mol. The van der Waals surface area contributed by atoms with Gasteiger partial charge in [-0.25, -0.2) is 9.59 Å². The van der Waals surface area contributed by atoms with Crippen molar-refractivity contribution < 1.29 is 37.1 Å². The zero-order valence-corrected chi connectivity index (χ0v) is 21.0. The predicted octanol–water partition coefficient (Wildman–Crippen LogP) is 4.67. The molecular formula is C22H37NO8Si. The van der Waals surface area contributed by atoms with E-state index in [1.165, 1.54) is 0 Å². The number of nitrogens with one attached hydrogen (secondary N) is 1. The molecule has 0 atom stereocenters. The smallest absolute Gasteiger partial charge is 0.445 e.